The van der Waals surface area contributed by atoms with Crippen LogP contribution in [-0.4, -0.2) is 50.9 Å². The van der Waals surface area contributed by atoms with Crippen LogP contribution >= 0.6 is 0 Å². The van der Waals surface area contributed by atoms with Gasteiger partial charge in [0.2, 0.25) is 11.8 Å². The zero-order valence-corrected chi connectivity index (χ0v) is 20.3. The Morgan fingerprint density at radius 1 is 1.00 bits per heavy atom. The standard InChI is InChI=1S/C29H28N4O4/c34-26-18-31(15-7-10-19-8-2-1-3-9-19)29(35)25-17-23-22-13-4-5-14-24(22)30-27(23)28(32(25)26)20-11-6-12-21(16-20)33(36)37/h1-6,8-9,11-14,16,25,28,30,33,36H,7,10,15,17-18H2. The van der Waals surface area contributed by atoms with Crippen LogP contribution in [0.25, 0.3) is 10.9 Å². The van der Waals surface area contributed by atoms with Crippen LogP contribution in [0.3, 0.4) is 0 Å². The number of carbonyl (C=O) groups is 2. The Balaban J connectivity index is 1.36. The van der Waals surface area contributed by atoms with E-state index in [4.69, 9.17) is 0 Å². The number of nitrogens with zero attached hydrogens (tertiary/aromatic N) is 2. The average molecular weight is 497 g/mol. The van der Waals surface area contributed by atoms with Crippen molar-refractivity contribution < 1.29 is 20.0 Å². The zero-order valence-electron chi connectivity index (χ0n) is 20.3. The molecule has 6 rings (SSSR count). The largest absolute Gasteiger partial charge is 0.595 e. The van der Waals surface area contributed by atoms with E-state index in [1.165, 1.54) is 11.6 Å². The topological polar surface area (TPSA) is 104 Å². The van der Waals surface area contributed by atoms with Crippen LogP contribution in [0.1, 0.15) is 34.8 Å². The van der Waals surface area contributed by atoms with Gasteiger partial charge in [-0.3, -0.25) is 9.59 Å². The summed E-state index contributed by atoms with van der Waals surface area (Å²) in [5.74, 6) is -0.178. The number of fused-ring (bicyclic) bond motifs is 4. The highest BCUT2D eigenvalue weighted by molar-refractivity contribution is 5.97. The van der Waals surface area contributed by atoms with Crippen LogP contribution in [-0.2, 0) is 22.4 Å². The van der Waals surface area contributed by atoms with Gasteiger partial charge in [0.15, 0.2) is 5.69 Å². The number of piperazine rings is 1. The highest BCUT2D eigenvalue weighted by Crippen LogP contribution is 2.42. The lowest BCUT2D eigenvalue weighted by atomic mass is 9.86. The molecule has 4 aromatic rings. The van der Waals surface area contributed by atoms with Crippen molar-refractivity contribution in [1.82, 2.24) is 14.8 Å². The van der Waals surface area contributed by atoms with Gasteiger partial charge in [-0.1, -0.05) is 60.7 Å². The molecule has 0 bridgehead atoms. The molecular formula is C29H28N4O4. The Morgan fingerprint density at radius 2 is 1.78 bits per heavy atom. The van der Waals surface area contributed by atoms with Crippen LogP contribution in [0.2, 0.25) is 0 Å². The lowest BCUT2D eigenvalue weighted by Gasteiger charge is -2.47. The number of aryl methyl sites for hydroxylation is 1. The summed E-state index contributed by atoms with van der Waals surface area (Å²) in [4.78, 5) is 34.3. The number of carbonyl (C=O) groups excluding carboxylic acids is 2. The molecule has 8 nitrogen and oxygen atoms in total. The fourth-order valence-corrected chi connectivity index (χ4v) is 5.82. The quantitative estimate of drug-likeness (QED) is 0.357. The fraction of sp³-hybridized carbons (Fsp3) is 0.241. The predicted octanol–water partition coefficient (Wildman–Crippen LogP) is 2.89. The minimum Gasteiger partial charge on any atom is -0.595 e. The lowest BCUT2D eigenvalue weighted by Crippen LogP contribution is -2.99. The normalized spacial score (nSPS) is 20.2. The van der Waals surface area contributed by atoms with Gasteiger partial charge >= 0.3 is 0 Å². The Labute approximate surface area is 214 Å². The van der Waals surface area contributed by atoms with Gasteiger partial charge in [-0.2, -0.15) is 5.23 Å². The second-order valence-electron chi connectivity index (χ2n) is 9.77. The number of nitrogens with one attached hydrogen (secondary N) is 2. The smallest absolute Gasteiger partial charge is 0.246 e. The van der Waals surface area contributed by atoms with Gasteiger partial charge in [-0.05, 0) is 35.6 Å². The van der Waals surface area contributed by atoms with Crippen molar-refractivity contribution in [2.45, 2.75) is 31.3 Å². The number of benzene rings is 3. The number of aromatic nitrogens is 1. The maximum Gasteiger partial charge on any atom is 0.246 e. The summed E-state index contributed by atoms with van der Waals surface area (Å²) in [7, 11) is 0. The maximum atomic E-state index is 13.8. The molecule has 3 N–H and O–H groups in total. The van der Waals surface area contributed by atoms with Crippen molar-refractivity contribution in [2.24, 2.45) is 0 Å². The van der Waals surface area contributed by atoms with E-state index in [1.807, 2.05) is 48.5 Å². The maximum absolute atomic E-state index is 13.8. The zero-order chi connectivity index (χ0) is 25.5. The molecule has 188 valence electrons. The Morgan fingerprint density at radius 3 is 2.59 bits per heavy atom. The molecule has 1 aromatic heterocycles. The average Bonchev–Trinajstić information content (AvgIpc) is 3.29. The molecule has 1 fully saturated rings. The van der Waals surface area contributed by atoms with Crippen molar-refractivity contribution in [3.63, 3.8) is 0 Å². The summed E-state index contributed by atoms with van der Waals surface area (Å²) < 4.78 is 0. The molecule has 2 amide bonds. The van der Waals surface area contributed by atoms with E-state index in [-0.39, 0.29) is 24.0 Å². The van der Waals surface area contributed by atoms with Gasteiger partial charge in [-0.25, -0.2) is 5.21 Å². The van der Waals surface area contributed by atoms with Crippen LogP contribution in [0.15, 0.2) is 78.9 Å². The summed E-state index contributed by atoms with van der Waals surface area (Å²) in [6.07, 6.45) is 2.04. The molecule has 3 unspecified atom stereocenters. The molecular weight excluding hydrogens is 468 g/mol. The summed E-state index contributed by atoms with van der Waals surface area (Å²) in [6, 6.07) is 23.5. The number of rotatable bonds is 6. The molecule has 3 atom stereocenters. The summed E-state index contributed by atoms with van der Waals surface area (Å²) in [6.45, 7) is 0.540. The van der Waals surface area contributed by atoms with E-state index < -0.39 is 17.3 Å². The van der Waals surface area contributed by atoms with Crippen LogP contribution in [0.4, 0.5) is 5.69 Å². The van der Waals surface area contributed by atoms with Crippen molar-refractivity contribution in [1.29, 1.82) is 0 Å². The van der Waals surface area contributed by atoms with E-state index in [0.29, 0.717) is 18.5 Å². The third-order valence-corrected chi connectivity index (χ3v) is 7.53. The monoisotopic (exact) mass is 496 g/mol. The minimum absolute atomic E-state index is 0.0226. The third kappa shape index (κ3) is 4.19. The van der Waals surface area contributed by atoms with E-state index in [0.717, 1.165) is 35.0 Å². The molecule has 37 heavy (non-hydrogen) atoms. The molecule has 1 saturated heterocycles. The second-order valence-corrected chi connectivity index (χ2v) is 9.77. The van der Waals surface area contributed by atoms with E-state index in [9.17, 15) is 20.0 Å². The van der Waals surface area contributed by atoms with Gasteiger partial charge in [-0.15, -0.1) is 0 Å². The number of aromatic amines is 1. The number of hydrogen-bond acceptors (Lipinski definition) is 4. The lowest BCUT2D eigenvalue weighted by molar-refractivity contribution is -0.991. The molecule has 3 heterocycles. The highest BCUT2D eigenvalue weighted by Gasteiger charge is 2.48. The van der Waals surface area contributed by atoms with Gasteiger partial charge in [0.1, 0.15) is 6.04 Å². The van der Waals surface area contributed by atoms with Crippen molar-refractivity contribution >= 4 is 28.4 Å². The van der Waals surface area contributed by atoms with Gasteiger partial charge in [0, 0.05) is 41.7 Å². The highest BCUT2D eigenvalue weighted by atomic mass is 16.8. The Bertz CT molecular complexity index is 1470. The van der Waals surface area contributed by atoms with Gasteiger partial charge < -0.3 is 20.0 Å². The SMILES string of the molecule is O=C1C2Cc3c([nH]c4ccccc34)C(c3cccc([NH+]([O-])O)c3)N2C(=O)CN1CCCc1ccccc1. The summed E-state index contributed by atoms with van der Waals surface area (Å²) >= 11 is 0. The summed E-state index contributed by atoms with van der Waals surface area (Å²) in [5, 5.41) is 21.3. The first-order valence-electron chi connectivity index (χ1n) is 12.6. The van der Waals surface area contributed by atoms with Crippen LogP contribution < -0.4 is 5.23 Å². The van der Waals surface area contributed by atoms with Crippen molar-refractivity contribution in [3.8, 4) is 0 Å². The molecule has 0 spiro atoms. The molecule has 0 radical (unpaired) electrons. The Kier molecular flexibility index (Phi) is 6.00. The summed E-state index contributed by atoms with van der Waals surface area (Å²) in [5.41, 5.74) is 4.82. The molecule has 2 aliphatic rings. The number of para-hydroxylation sites is 1. The van der Waals surface area contributed by atoms with Crippen molar-refractivity contribution in [2.75, 3.05) is 13.1 Å². The third-order valence-electron chi connectivity index (χ3n) is 7.53. The van der Waals surface area contributed by atoms with Crippen LogP contribution in [0, 0.1) is 5.21 Å². The van der Waals surface area contributed by atoms with E-state index in [1.54, 1.807) is 21.9 Å². The van der Waals surface area contributed by atoms with Gasteiger partial charge in [0.05, 0.1) is 12.6 Å². The second kappa shape index (κ2) is 9.48. The Hall–Kier alpha value is -3.98. The molecule has 0 aliphatic carbocycles. The number of hydrogen-bond donors (Lipinski definition) is 3. The number of quaternary nitrogens is 1. The van der Waals surface area contributed by atoms with Crippen molar-refractivity contribution in [3.05, 3.63) is 106 Å². The molecule has 0 saturated carbocycles. The predicted molar refractivity (Wildman–Crippen MR) is 138 cm³/mol. The van der Waals surface area contributed by atoms with E-state index in [2.05, 4.69) is 17.1 Å². The van der Waals surface area contributed by atoms with Gasteiger partial charge in [0.25, 0.3) is 0 Å². The first kappa shape index (κ1) is 23.4. The first-order chi connectivity index (χ1) is 18.0. The molecule has 8 heteroatoms. The first-order valence-corrected chi connectivity index (χ1v) is 12.6. The molecule has 3 aromatic carbocycles. The fourth-order valence-electron chi connectivity index (χ4n) is 5.82. The van der Waals surface area contributed by atoms with Crippen LogP contribution in [0.5, 0.6) is 0 Å². The number of H-pyrrole nitrogens is 1. The number of amides is 2. The molecule has 2 aliphatic heterocycles. The van der Waals surface area contributed by atoms with E-state index >= 15 is 0 Å². The minimum atomic E-state index is -1.03.